The van der Waals surface area contributed by atoms with Crippen LogP contribution in [0.1, 0.15) is 16.5 Å². The van der Waals surface area contributed by atoms with Crippen molar-refractivity contribution in [1.29, 1.82) is 0 Å². The second-order valence-electron chi connectivity index (χ2n) is 6.90. The van der Waals surface area contributed by atoms with Gasteiger partial charge in [0.05, 0.1) is 0 Å². The first kappa shape index (κ1) is 20.6. The SMILES string of the molecule is O=C(COc1ccc(Cl)cc1)N1CCS[C@@H]1c1ccc(OCc2ccccc2)cc1. The van der Waals surface area contributed by atoms with Crippen LogP contribution in [0.15, 0.2) is 78.9 Å². The Labute approximate surface area is 185 Å². The zero-order valence-electron chi connectivity index (χ0n) is 16.4. The van der Waals surface area contributed by atoms with Crippen LogP contribution in [0.2, 0.25) is 5.02 Å². The van der Waals surface area contributed by atoms with Gasteiger partial charge in [-0.2, -0.15) is 0 Å². The molecule has 0 N–H and O–H groups in total. The van der Waals surface area contributed by atoms with E-state index in [9.17, 15) is 4.79 Å². The van der Waals surface area contributed by atoms with Crippen molar-refractivity contribution in [3.63, 3.8) is 0 Å². The lowest BCUT2D eigenvalue weighted by atomic mass is 10.2. The highest BCUT2D eigenvalue weighted by Crippen LogP contribution is 2.38. The first-order valence-corrected chi connectivity index (χ1v) is 11.2. The maximum Gasteiger partial charge on any atom is 0.261 e. The smallest absolute Gasteiger partial charge is 0.261 e. The molecule has 6 heteroatoms. The number of carbonyl (C=O) groups excluding carboxylic acids is 1. The van der Waals surface area contributed by atoms with Gasteiger partial charge >= 0.3 is 0 Å². The predicted octanol–water partition coefficient (Wildman–Crippen LogP) is 5.57. The summed E-state index contributed by atoms with van der Waals surface area (Å²) in [5.74, 6) is 2.33. The molecule has 0 aromatic heterocycles. The molecular formula is C24H22ClNO3S. The van der Waals surface area contributed by atoms with Gasteiger partial charge in [0, 0.05) is 17.3 Å². The summed E-state index contributed by atoms with van der Waals surface area (Å²) in [7, 11) is 0. The van der Waals surface area contributed by atoms with Gasteiger partial charge in [-0.15, -0.1) is 11.8 Å². The van der Waals surface area contributed by atoms with Gasteiger partial charge in [0.15, 0.2) is 6.61 Å². The van der Waals surface area contributed by atoms with E-state index in [4.69, 9.17) is 21.1 Å². The van der Waals surface area contributed by atoms with Gasteiger partial charge in [0.1, 0.15) is 23.5 Å². The Hall–Kier alpha value is -2.63. The average molecular weight is 440 g/mol. The molecule has 0 unspecified atom stereocenters. The van der Waals surface area contributed by atoms with E-state index >= 15 is 0 Å². The summed E-state index contributed by atoms with van der Waals surface area (Å²) in [6, 6.07) is 25.1. The first-order chi connectivity index (χ1) is 14.7. The zero-order chi connectivity index (χ0) is 20.8. The van der Waals surface area contributed by atoms with Crippen LogP contribution >= 0.6 is 23.4 Å². The topological polar surface area (TPSA) is 38.8 Å². The number of benzene rings is 3. The monoisotopic (exact) mass is 439 g/mol. The van der Waals surface area contributed by atoms with Crippen LogP contribution in [0.3, 0.4) is 0 Å². The highest BCUT2D eigenvalue weighted by molar-refractivity contribution is 7.99. The fourth-order valence-corrected chi connectivity index (χ4v) is 4.63. The van der Waals surface area contributed by atoms with Crippen molar-refractivity contribution in [2.24, 2.45) is 0 Å². The molecule has 1 aliphatic rings. The van der Waals surface area contributed by atoms with Gasteiger partial charge in [-0.05, 0) is 47.5 Å². The third kappa shape index (κ3) is 5.29. The largest absolute Gasteiger partial charge is 0.489 e. The van der Waals surface area contributed by atoms with Crippen molar-refractivity contribution in [1.82, 2.24) is 4.90 Å². The molecule has 1 aliphatic heterocycles. The van der Waals surface area contributed by atoms with E-state index in [1.165, 1.54) is 0 Å². The van der Waals surface area contributed by atoms with E-state index in [2.05, 4.69) is 0 Å². The van der Waals surface area contributed by atoms with E-state index in [0.29, 0.717) is 23.9 Å². The number of halogens is 1. The normalized spacial score (nSPS) is 15.8. The molecule has 3 aromatic carbocycles. The van der Waals surface area contributed by atoms with Crippen LogP contribution in [0.5, 0.6) is 11.5 Å². The summed E-state index contributed by atoms with van der Waals surface area (Å²) in [5.41, 5.74) is 2.22. The Morgan fingerprint density at radius 1 is 0.933 bits per heavy atom. The Bertz CT molecular complexity index is 964. The van der Waals surface area contributed by atoms with Crippen molar-refractivity contribution in [3.8, 4) is 11.5 Å². The number of amides is 1. The summed E-state index contributed by atoms with van der Waals surface area (Å²) >= 11 is 7.65. The molecule has 0 aliphatic carbocycles. The molecule has 154 valence electrons. The quantitative estimate of drug-likeness (QED) is 0.482. The van der Waals surface area contributed by atoms with Crippen LogP contribution in [0.25, 0.3) is 0 Å². The van der Waals surface area contributed by atoms with Gasteiger partial charge in [0.2, 0.25) is 0 Å². The number of hydrogen-bond donors (Lipinski definition) is 0. The molecule has 1 fully saturated rings. The molecule has 4 rings (SSSR count). The molecule has 1 heterocycles. The molecular weight excluding hydrogens is 418 g/mol. The number of nitrogens with zero attached hydrogens (tertiary/aromatic N) is 1. The number of rotatable bonds is 7. The van der Waals surface area contributed by atoms with Crippen molar-refractivity contribution in [3.05, 3.63) is 95.0 Å². The lowest BCUT2D eigenvalue weighted by Gasteiger charge is -2.24. The number of hydrogen-bond acceptors (Lipinski definition) is 4. The van der Waals surface area contributed by atoms with Crippen molar-refractivity contribution >= 4 is 29.3 Å². The van der Waals surface area contributed by atoms with Gasteiger partial charge in [-0.25, -0.2) is 0 Å². The molecule has 0 spiro atoms. The van der Waals surface area contributed by atoms with Crippen LogP contribution in [0.4, 0.5) is 0 Å². The molecule has 3 aromatic rings. The average Bonchev–Trinajstić information content (AvgIpc) is 3.28. The Morgan fingerprint density at radius 3 is 2.33 bits per heavy atom. The van der Waals surface area contributed by atoms with Crippen LogP contribution in [-0.4, -0.2) is 29.7 Å². The standard InChI is InChI=1S/C24H22ClNO3S/c25-20-8-12-22(13-9-20)29-17-23(27)26-14-15-30-24(26)19-6-10-21(11-7-19)28-16-18-4-2-1-3-5-18/h1-13,24H,14-17H2/t24-/m1/s1. The number of thioether (sulfide) groups is 1. The van der Waals surface area contributed by atoms with Gasteiger partial charge in [-0.1, -0.05) is 54.1 Å². The molecule has 1 atom stereocenters. The van der Waals surface area contributed by atoms with E-state index < -0.39 is 0 Å². The summed E-state index contributed by atoms with van der Waals surface area (Å²) in [5, 5.41) is 0.635. The number of carbonyl (C=O) groups is 1. The second-order valence-corrected chi connectivity index (χ2v) is 8.52. The summed E-state index contributed by atoms with van der Waals surface area (Å²) < 4.78 is 11.5. The predicted molar refractivity (Wildman–Crippen MR) is 121 cm³/mol. The van der Waals surface area contributed by atoms with Crippen molar-refractivity contribution < 1.29 is 14.3 Å². The molecule has 1 amide bonds. The van der Waals surface area contributed by atoms with E-state index in [1.54, 1.807) is 36.0 Å². The molecule has 1 saturated heterocycles. The fourth-order valence-electron chi connectivity index (χ4n) is 3.23. The second kappa shape index (κ2) is 9.92. The maximum absolute atomic E-state index is 12.7. The Morgan fingerprint density at radius 2 is 1.60 bits per heavy atom. The van der Waals surface area contributed by atoms with Crippen LogP contribution in [0, 0.1) is 0 Å². The highest BCUT2D eigenvalue weighted by Gasteiger charge is 2.30. The van der Waals surface area contributed by atoms with E-state index in [-0.39, 0.29) is 17.9 Å². The third-order valence-corrected chi connectivity index (χ3v) is 6.31. The summed E-state index contributed by atoms with van der Waals surface area (Å²) in [4.78, 5) is 14.6. The summed E-state index contributed by atoms with van der Waals surface area (Å²) in [6.07, 6.45) is 0. The zero-order valence-corrected chi connectivity index (χ0v) is 17.9. The molecule has 0 saturated carbocycles. The van der Waals surface area contributed by atoms with Crippen LogP contribution < -0.4 is 9.47 Å². The first-order valence-electron chi connectivity index (χ1n) is 9.75. The minimum atomic E-state index is -0.0237. The van der Waals surface area contributed by atoms with Crippen molar-refractivity contribution in [2.45, 2.75) is 12.0 Å². The maximum atomic E-state index is 12.7. The molecule has 4 nitrogen and oxygen atoms in total. The number of ether oxygens (including phenoxy) is 2. The van der Waals surface area contributed by atoms with E-state index in [1.807, 2.05) is 59.5 Å². The molecule has 0 radical (unpaired) electrons. The third-order valence-electron chi connectivity index (χ3n) is 4.80. The van der Waals surface area contributed by atoms with Gasteiger partial charge in [0.25, 0.3) is 5.91 Å². The lowest BCUT2D eigenvalue weighted by molar-refractivity contribution is -0.133. The van der Waals surface area contributed by atoms with Crippen LogP contribution in [-0.2, 0) is 11.4 Å². The van der Waals surface area contributed by atoms with Gasteiger partial charge in [-0.3, -0.25) is 4.79 Å². The minimum Gasteiger partial charge on any atom is -0.489 e. The van der Waals surface area contributed by atoms with Crippen molar-refractivity contribution in [2.75, 3.05) is 18.9 Å². The molecule has 30 heavy (non-hydrogen) atoms. The lowest BCUT2D eigenvalue weighted by Crippen LogP contribution is -2.34. The Kier molecular flexibility index (Phi) is 6.82. The minimum absolute atomic E-state index is 0.00510. The Balaban J connectivity index is 1.34. The molecule has 0 bridgehead atoms. The summed E-state index contributed by atoms with van der Waals surface area (Å²) in [6.45, 7) is 1.26. The fraction of sp³-hybridized carbons (Fsp3) is 0.208. The highest BCUT2D eigenvalue weighted by atomic mass is 35.5. The van der Waals surface area contributed by atoms with E-state index in [0.717, 1.165) is 22.6 Å². The van der Waals surface area contributed by atoms with Gasteiger partial charge < -0.3 is 14.4 Å².